The molecular formula is C23H28ClN3O. The molecule has 1 heterocycles. The number of hydrogen-bond acceptors (Lipinski definition) is 4. The second kappa shape index (κ2) is 8.80. The number of hydrogen-bond donors (Lipinski definition) is 2. The van der Waals surface area contributed by atoms with E-state index in [0.717, 1.165) is 53.0 Å². The zero-order valence-corrected chi connectivity index (χ0v) is 17.7. The highest BCUT2D eigenvalue weighted by Crippen LogP contribution is 2.35. The molecule has 3 aromatic rings. The van der Waals surface area contributed by atoms with Crippen molar-refractivity contribution in [3.63, 3.8) is 0 Å². The normalized spacial score (nSPS) is 11.6. The number of ether oxygens (including phenoxy) is 1. The minimum atomic E-state index is 0.133. The number of nitrogens with one attached hydrogen (secondary N) is 2. The third kappa shape index (κ3) is 5.15. The van der Waals surface area contributed by atoms with Gasteiger partial charge in [0, 0.05) is 34.3 Å². The van der Waals surface area contributed by atoms with E-state index in [4.69, 9.17) is 16.3 Å². The summed E-state index contributed by atoms with van der Waals surface area (Å²) in [5.74, 6) is 0.840. The van der Waals surface area contributed by atoms with E-state index >= 15 is 0 Å². The predicted molar refractivity (Wildman–Crippen MR) is 120 cm³/mol. The Morgan fingerprint density at radius 3 is 2.46 bits per heavy atom. The first kappa shape index (κ1) is 20.4. The minimum Gasteiger partial charge on any atom is -0.497 e. The summed E-state index contributed by atoms with van der Waals surface area (Å²) in [6, 6.07) is 13.9. The molecule has 0 aliphatic heterocycles. The fraction of sp³-hybridized carbons (Fsp3) is 0.348. The molecule has 0 bridgehead atoms. The summed E-state index contributed by atoms with van der Waals surface area (Å²) < 4.78 is 5.29. The number of nitrogens with zero attached hydrogens (tertiary/aromatic N) is 1. The number of fused-ring (bicyclic) bond motifs is 1. The van der Waals surface area contributed by atoms with Crippen LogP contribution in [0.2, 0.25) is 5.02 Å². The van der Waals surface area contributed by atoms with Crippen LogP contribution in [0.15, 0.2) is 48.7 Å². The van der Waals surface area contributed by atoms with E-state index in [1.165, 1.54) is 0 Å². The maximum Gasteiger partial charge on any atom is 0.118 e. The van der Waals surface area contributed by atoms with Crippen molar-refractivity contribution >= 4 is 28.2 Å². The van der Waals surface area contributed by atoms with E-state index in [1.54, 1.807) is 7.11 Å². The van der Waals surface area contributed by atoms with Crippen molar-refractivity contribution in [2.45, 2.75) is 32.7 Å². The first-order chi connectivity index (χ1) is 13.4. The van der Waals surface area contributed by atoms with Gasteiger partial charge >= 0.3 is 0 Å². The van der Waals surface area contributed by atoms with Gasteiger partial charge in [-0.1, -0.05) is 23.7 Å². The van der Waals surface area contributed by atoms with Crippen molar-refractivity contribution in [1.29, 1.82) is 0 Å². The van der Waals surface area contributed by atoms with Crippen LogP contribution in [0.1, 0.15) is 27.2 Å². The molecule has 5 heteroatoms. The second-order valence-corrected chi connectivity index (χ2v) is 8.33. The highest BCUT2D eigenvalue weighted by Gasteiger charge is 2.12. The summed E-state index contributed by atoms with van der Waals surface area (Å²) in [6.07, 6.45) is 2.94. The fourth-order valence-electron chi connectivity index (χ4n) is 3.11. The van der Waals surface area contributed by atoms with Gasteiger partial charge < -0.3 is 15.4 Å². The van der Waals surface area contributed by atoms with Crippen LogP contribution < -0.4 is 15.4 Å². The molecule has 0 unspecified atom stereocenters. The van der Waals surface area contributed by atoms with E-state index in [-0.39, 0.29) is 5.54 Å². The van der Waals surface area contributed by atoms with Gasteiger partial charge in [0.25, 0.3) is 0 Å². The van der Waals surface area contributed by atoms with Gasteiger partial charge in [-0.05, 0) is 69.6 Å². The second-order valence-electron chi connectivity index (χ2n) is 7.89. The highest BCUT2D eigenvalue weighted by molar-refractivity contribution is 6.31. The maximum absolute atomic E-state index is 6.17. The van der Waals surface area contributed by atoms with Crippen LogP contribution in [0.3, 0.4) is 0 Å². The van der Waals surface area contributed by atoms with E-state index in [0.29, 0.717) is 5.02 Å². The smallest absolute Gasteiger partial charge is 0.118 e. The molecule has 0 atom stereocenters. The average molecular weight is 398 g/mol. The van der Waals surface area contributed by atoms with Crippen molar-refractivity contribution in [2.75, 3.05) is 25.5 Å². The van der Waals surface area contributed by atoms with Gasteiger partial charge in [0.05, 0.1) is 18.3 Å². The zero-order valence-electron chi connectivity index (χ0n) is 17.0. The topological polar surface area (TPSA) is 46.2 Å². The van der Waals surface area contributed by atoms with Gasteiger partial charge in [-0.2, -0.15) is 0 Å². The molecule has 28 heavy (non-hydrogen) atoms. The molecule has 0 aliphatic rings. The lowest BCUT2D eigenvalue weighted by molar-refractivity contribution is 0.415. The monoisotopic (exact) mass is 397 g/mol. The molecule has 0 spiro atoms. The molecule has 2 aromatic carbocycles. The van der Waals surface area contributed by atoms with Crippen molar-refractivity contribution in [2.24, 2.45) is 0 Å². The molecule has 0 fully saturated rings. The molecular weight excluding hydrogens is 370 g/mol. The third-order valence-electron chi connectivity index (χ3n) is 4.54. The van der Waals surface area contributed by atoms with E-state index < -0.39 is 0 Å². The molecule has 0 aliphatic carbocycles. The lowest BCUT2D eigenvalue weighted by atomic mass is 10.0. The van der Waals surface area contributed by atoms with Gasteiger partial charge in [-0.15, -0.1) is 0 Å². The number of benzene rings is 2. The molecule has 0 saturated carbocycles. The summed E-state index contributed by atoms with van der Waals surface area (Å²) in [5.41, 5.74) is 4.28. The van der Waals surface area contributed by atoms with Gasteiger partial charge in [0.15, 0.2) is 0 Å². The van der Waals surface area contributed by atoms with Crippen LogP contribution in [0.5, 0.6) is 5.75 Å². The Morgan fingerprint density at radius 2 is 1.79 bits per heavy atom. The van der Waals surface area contributed by atoms with Crippen molar-refractivity contribution in [3.8, 4) is 16.9 Å². The number of methoxy groups -OCH3 is 1. The number of anilines is 1. The summed E-state index contributed by atoms with van der Waals surface area (Å²) in [4.78, 5) is 4.63. The van der Waals surface area contributed by atoms with Crippen molar-refractivity contribution in [1.82, 2.24) is 10.3 Å². The molecule has 1 aromatic heterocycles. The van der Waals surface area contributed by atoms with Crippen molar-refractivity contribution < 1.29 is 4.74 Å². The summed E-state index contributed by atoms with van der Waals surface area (Å²) >= 11 is 6.17. The third-order valence-corrected chi connectivity index (χ3v) is 4.78. The Bertz CT molecular complexity index is 933. The van der Waals surface area contributed by atoms with Crippen LogP contribution in [0.4, 0.5) is 5.69 Å². The molecule has 3 rings (SSSR count). The Hall–Kier alpha value is -2.30. The molecule has 0 amide bonds. The first-order valence-corrected chi connectivity index (χ1v) is 9.97. The summed E-state index contributed by atoms with van der Waals surface area (Å²) in [6.45, 7) is 8.38. The van der Waals surface area contributed by atoms with Gasteiger partial charge in [0.1, 0.15) is 5.75 Å². The Morgan fingerprint density at radius 1 is 1.04 bits per heavy atom. The van der Waals surface area contributed by atoms with Crippen LogP contribution in [0.25, 0.3) is 22.0 Å². The standard InChI is InChI=1S/C23H28ClN3O/c1-23(2,3)27-13-5-12-25-22-19-11-8-17(24)14-21(19)26-15-20(22)16-6-9-18(28-4)10-7-16/h6-11,14-15,27H,5,12-13H2,1-4H3,(H,25,26). The quantitative estimate of drug-likeness (QED) is 0.498. The molecule has 2 N–H and O–H groups in total. The van der Waals surface area contributed by atoms with Crippen LogP contribution in [-0.4, -0.2) is 30.7 Å². The zero-order chi connectivity index (χ0) is 20.1. The maximum atomic E-state index is 6.17. The van der Waals surface area contributed by atoms with E-state index in [2.05, 4.69) is 48.5 Å². The Labute approximate surface area is 172 Å². The van der Waals surface area contributed by atoms with Crippen LogP contribution in [-0.2, 0) is 0 Å². The minimum absolute atomic E-state index is 0.133. The number of rotatable bonds is 7. The van der Waals surface area contributed by atoms with E-state index in [1.807, 2.05) is 36.5 Å². The van der Waals surface area contributed by atoms with Crippen LogP contribution in [0, 0.1) is 0 Å². The summed E-state index contributed by atoms with van der Waals surface area (Å²) in [7, 11) is 1.68. The molecule has 148 valence electrons. The fourth-order valence-corrected chi connectivity index (χ4v) is 3.28. The van der Waals surface area contributed by atoms with Gasteiger partial charge in [-0.25, -0.2) is 0 Å². The first-order valence-electron chi connectivity index (χ1n) is 9.59. The number of pyridine rings is 1. The van der Waals surface area contributed by atoms with Gasteiger partial charge in [0.2, 0.25) is 0 Å². The SMILES string of the molecule is COc1ccc(-c2cnc3cc(Cl)ccc3c2NCCCNC(C)(C)C)cc1. The Kier molecular flexibility index (Phi) is 6.42. The Balaban J connectivity index is 1.89. The van der Waals surface area contributed by atoms with Gasteiger partial charge in [-0.3, -0.25) is 4.98 Å². The largest absolute Gasteiger partial charge is 0.497 e. The van der Waals surface area contributed by atoms with E-state index in [9.17, 15) is 0 Å². The highest BCUT2D eigenvalue weighted by atomic mass is 35.5. The summed E-state index contributed by atoms with van der Waals surface area (Å²) in [5, 5.41) is 8.93. The molecule has 0 saturated heterocycles. The number of aromatic nitrogens is 1. The van der Waals surface area contributed by atoms with Crippen molar-refractivity contribution in [3.05, 3.63) is 53.7 Å². The molecule has 0 radical (unpaired) electrons. The lowest BCUT2D eigenvalue weighted by Gasteiger charge is -2.21. The number of halogens is 1. The lowest BCUT2D eigenvalue weighted by Crippen LogP contribution is -2.36. The average Bonchev–Trinajstić information content (AvgIpc) is 2.66. The van der Waals surface area contributed by atoms with Crippen LogP contribution >= 0.6 is 11.6 Å². The predicted octanol–water partition coefficient (Wildman–Crippen LogP) is 5.75. The molecule has 4 nitrogen and oxygen atoms in total.